The molecule has 10 heteroatoms. The summed E-state index contributed by atoms with van der Waals surface area (Å²) in [6.07, 6.45) is 0.896. The summed E-state index contributed by atoms with van der Waals surface area (Å²) >= 11 is 2.76. The van der Waals surface area contributed by atoms with Gasteiger partial charge in [-0.05, 0) is 31.5 Å². The monoisotopic (exact) mass is 408 g/mol. The highest BCUT2D eigenvalue weighted by Crippen LogP contribution is 2.30. The lowest BCUT2D eigenvalue weighted by molar-refractivity contribution is -0.118. The second-order valence-electron chi connectivity index (χ2n) is 5.61. The molecule has 27 heavy (non-hydrogen) atoms. The van der Waals surface area contributed by atoms with Crippen LogP contribution >= 0.6 is 23.1 Å². The third-order valence-corrected chi connectivity index (χ3v) is 5.63. The van der Waals surface area contributed by atoms with E-state index in [9.17, 15) is 9.59 Å². The lowest BCUT2D eigenvalue weighted by atomic mass is 10.1. The molecule has 1 aliphatic heterocycles. The Morgan fingerprint density at radius 1 is 1.44 bits per heavy atom. The summed E-state index contributed by atoms with van der Waals surface area (Å²) < 4.78 is 11.3. The minimum Gasteiger partial charge on any atom is -0.482 e. The van der Waals surface area contributed by atoms with E-state index in [-0.39, 0.29) is 24.1 Å². The average molecular weight is 409 g/mol. The van der Waals surface area contributed by atoms with Crippen molar-refractivity contribution in [2.45, 2.75) is 17.7 Å². The molecule has 0 bridgehead atoms. The van der Waals surface area contributed by atoms with Gasteiger partial charge in [0.15, 0.2) is 16.7 Å². The molecular formula is C17H20N4O4S2. The lowest BCUT2D eigenvalue weighted by Crippen LogP contribution is -2.25. The third-order valence-electron chi connectivity index (χ3n) is 3.61. The molecule has 1 aromatic heterocycles. The number of fused-ring (bicyclic) bond motifs is 1. The fourth-order valence-electron chi connectivity index (χ4n) is 2.32. The Hall–Kier alpha value is -2.17. The van der Waals surface area contributed by atoms with Crippen LogP contribution in [0.3, 0.4) is 0 Å². The smallest absolute Gasteiger partial charge is 0.262 e. The van der Waals surface area contributed by atoms with Crippen molar-refractivity contribution in [3.63, 3.8) is 0 Å². The van der Waals surface area contributed by atoms with Crippen molar-refractivity contribution in [2.75, 3.05) is 42.8 Å². The molecule has 1 aromatic carbocycles. The van der Waals surface area contributed by atoms with Gasteiger partial charge in [0, 0.05) is 25.3 Å². The maximum atomic E-state index is 12.4. The first kappa shape index (κ1) is 19.6. The van der Waals surface area contributed by atoms with Crippen LogP contribution in [-0.4, -0.2) is 54.0 Å². The summed E-state index contributed by atoms with van der Waals surface area (Å²) in [4.78, 5) is 23.8. The second-order valence-corrected chi connectivity index (χ2v) is 7.81. The fraction of sp³-hybridized carbons (Fsp3) is 0.412. The Balaban J connectivity index is 1.48. The SMILES string of the molecule is CCOCCCNc1nnc(SCC(=O)c2ccc3c(c2)NC(=O)CO3)s1. The zero-order chi connectivity index (χ0) is 19.1. The Morgan fingerprint density at radius 2 is 2.33 bits per heavy atom. The normalized spacial score (nSPS) is 12.9. The van der Waals surface area contributed by atoms with Crippen molar-refractivity contribution in [3.05, 3.63) is 23.8 Å². The average Bonchev–Trinajstić information content (AvgIpc) is 3.13. The predicted molar refractivity (Wildman–Crippen MR) is 105 cm³/mol. The third kappa shape index (κ3) is 5.65. The number of amides is 1. The van der Waals surface area contributed by atoms with Crippen molar-refractivity contribution >= 4 is 45.6 Å². The Labute approximate surface area is 165 Å². The molecule has 8 nitrogen and oxygen atoms in total. The lowest BCUT2D eigenvalue weighted by Gasteiger charge is -2.18. The van der Waals surface area contributed by atoms with Gasteiger partial charge >= 0.3 is 0 Å². The van der Waals surface area contributed by atoms with Gasteiger partial charge in [0.25, 0.3) is 5.91 Å². The molecule has 0 unspecified atom stereocenters. The second kappa shape index (κ2) is 9.67. The number of carbonyl (C=O) groups excluding carboxylic acids is 2. The molecule has 144 valence electrons. The van der Waals surface area contributed by atoms with E-state index in [2.05, 4.69) is 20.8 Å². The van der Waals surface area contributed by atoms with Gasteiger partial charge in [0.1, 0.15) is 5.75 Å². The predicted octanol–water partition coefficient (Wildman–Crippen LogP) is 2.68. The van der Waals surface area contributed by atoms with E-state index < -0.39 is 0 Å². The van der Waals surface area contributed by atoms with Crippen LogP contribution in [0.1, 0.15) is 23.7 Å². The maximum absolute atomic E-state index is 12.4. The quantitative estimate of drug-likeness (QED) is 0.351. The van der Waals surface area contributed by atoms with Crippen LogP contribution < -0.4 is 15.4 Å². The molecule has 1 amide bonds. The molecule has 0 saturated carbocycles. The number of nitrogens with zero attached hydrogens (tertiary/aromatic N) is 2. The van der Waals surface area contributed by atoms with Gasteiger partial charge in [-0.1, -0.05) is 23.1 Å². The van der Waals surface area contributed by atoms with E-state index in [1.165, 1.54) is 23.1 Å². The number of ketones is 1. The molecule has 2 aromatic rings. The highest BCUT2D eigenvalue weighted by Gasteiger charge is 2.18. The van der Waals surface area contributed by atoms with Crippen LogP contribution in [0.4, 0.5) is 10.8 Å². The molecule has 3 rings (SSSR count). The number of benzene rings is 1. The molecule has 0 aliphatic carbocycles. The number of rotatable bonds is 10. The van der Waals surface area contributed by atoms with Crippen molar-refractivity contribution < 1.29 is 19.1 Å². The molecule has 2 N–H and O–H groups in total. The number of anilines is 2. The molecule has 1 aliphatic rings. The van der Waals surface area contributed by atoms with Crippen molar-refractivity contribution in [1.82, 2.24) is 10.2 Å². The van der Waals surface area contributed by atoms with Crippen molar-refractivity contribution in [2.24, 2.45) is 0 Å². The number of ether oxygens (including phenoxy) is 2. The van der Waals surface area contributed by atoms with Gasteiger partial charge in [-0.25, -0.2) is 0 Å². The van der Waals surface area contributed by atoms with Crippen molar-refractivity contribution in [1.29, 1.82) is 0 Å². The van der Waals surface area contributed by atoms with Gasteiger partial charge in [-0.2, -0.15) is 0 Å². The van der Waals surface area contributed by atoms with E-state index in [0.29, 0.717) is 23.6 Å². The molecule has 0 radical (unpaired) electrons. The number of hydrogen-bond donors (Lipinski definition) is 2. The van der Waals surface area contributed by atoms with Gasteiger partial charge in [0.2, 0.25) is 5.13 Å². The molecule has 0 saturated heterocycles. The highest BCUT2D eigenvalue weighted by molar-refractivity contribution is 8.01. The van der Waals surface area contributed by atoms with E-state index in [0.717, 1.165) is 29.0 Å². The maximum Gasteiger partial charge on any atom is 0.262 e. The van der Waals surface area contributed by atoms with E-state index >= 15 is 0 Å². The zero-order valence-electron chi connectivity index (χ0n) is 14.8. The molecule has 0 fully saturated rings. The number of aromatic nitrogens is 2. The topological polar surface area (TPSA) is 102 Å². The van der Waals surface area contributed by atoms with Gasteiger partial charge in [-0.15, -0.1) is 10.2 Å². The minimum absolute atomic E-state index is 0.00477. The Morgan fingerprint density at radius 3 is 3.19 bits per heavy atom. The van der Waals surface area contributed by atoms with Crippen LogP contribution in [0.2, 0.25) is 0 Å². The summed E-state index contributed by atoms with van der Waals surface area (Å²) in [5.74, 6) is 0.538. The van der Waals surface area contributed by atoms with E-state index in [1.807, 2.05) is 6.92 Å². The number of thioether (sulfide) groups is 1. The van der Waals surface area contributed by atoms with Crippen molar-refractivity contribution in [3.8, 4) is 5.75 Å². The molecular weight excluding hydrogens is 388 g/mol. The van der Waals surface area contributed by atoms with Gasteiger partial charge in [-0.3, -0.25) is 9.59 Å². The van der Waals surface area contributed by atoms with Gasteiger partial charge < -0.3 is 20.1 Å². The van der Waals surface area contributed by atoms with Crippen LogP contribution in [0.15, 0.2) is 22.5 Å². The molecule has 0 atom stereocenters. The zero-order valence-corrected chi connectivity index (χ0v) is 16.5. The summed E-state index contributed by atoms with van der Waals surface area (Å²) in [5.41, 5.74) is 1.04. The summed E-state index contributed by atoms with van der Waals surface area (Å²) in [6, 6.07) is 5.04. The van der Waals surface area contributed by atoms with Crippen LogP contribution in [0.25, 0.3) is 0 Å². The first-order valence-corrected chi connectivity index (χ1v) is 10.3. The molecule has 2 heterocycles. The number of carbonyl (C=O) groups is 2. The van der Waals surface area contributed by atoms with Crippen LogP contribution in [0, 0.1) is 0 Å². The minimum atomic E-state index is -0.225. The van der Waals surface area contributed by atoms with Crippen LogP contribution in [-0.2, 0) is 9.53 Å². The first-order chi connectivity index (χ1) is 13.2. The standard InChI is InChI=1S/C17H20N4O4S2/c1-2-24-7-3-6-18-16-20-21-17(27-16)26-10-13(22)11-4-5-14-12(8-11)19-15(23)9-25-14/h4-5,8H,2-3,6-7,9-10H2,1H3,(H,18,20)(H,19,23). The fourth-order valence-corrected chi connectivity index (χ4v) is 3.99. The van der Waals surface area contributed by atoms with E-state index in [1.54, 1.807) is 18.2 Å². The van der Waals surface area contributed by atoms with E-state index in [4.69, 9.17) is 9.47 Å². The summed E-state index contributed by atoms with van der Waals surface area (Å²) in [7, 11) is 0. The number of hydrogen-bond acceptors (Lipinski definition) is 9. The Bertz CT molecular complexity index is 812. The molecule has 0 spiro atoms. The number of Topliss-reactive ketones (excluding diaryl/α,β-unsaturated/α-hetero) is 1. The largest absolute Gasteiger partial charge is 0.482 e. The Kier molecular flexibility index (Phi) is 7.02. The number of nitrogens with one attached hydrogen (secondary N) is 2. The highest BCUT2D eigenvalue weighted by atomic mass is 32.2. The summed E-state index contributed by atoms with van der Waals surface area (Å²) in [5, 5.41) is 14.8. The van der Waals surface area contributed by atoms with Crippen LogP contribution in [0.5, 0.6) is 5.75 Å². The van der Waals surface area contributed by atoms with Gasteiger partial charge in [0.05, 0.1) is 11.4 Å². The summed E-state index contributed by atoms with van der Waals surface area (Å²) in [6.45, 7) is 4.16. The first-order valence-electron chi connectivity index (χ1n) is 8.53.